The van der Waals surface area contributed by atoms with Gasteiger partial charge in [0, 0.05) is 0 Å². The number of ketones is 1. The number of benzene rings is 1. The molecule has 3 rings (SSSR count). The number of nitrogens with zero attached hydrogens (tertiary/aromatic N) is 2. The van der Waals surface area contributed by atoms with E-state index in [4.69, 9.17) is 9.47 Å². The number of aryl methyl sites for hydroxylation is 1. The first-order valence-corrected chi connectivity index (χ1v) is 12.4. The summed E-state index contributed by atoms with van der Waals surface area (Å²) >= 11 is 1.05. The fraction of sp³-hybridized carbons (Fsp3) is 0.462. The van der Waals surface area contributed by atoms with E-state index >= 15 is 0 Å². The zero-order valence-electron chi connectivity index (χ0n) is 21.2. The van der Waals surface area contributed by atoms with Crippen molar-refractivity contribution in [2.45, 2.75) is 72.8 Å². The predicted octanol–water partition coefficient (Wildman–Crippen LogP) is 4.20. The average molecular weight is 501 g/mol. The lowest BCUT2D eigenvalue weighted by molar-refractivity contribution is -0.124. The quantitative estimate of drug-likeness (QED) is 0.409. The summed E-state index contributed by atoms with van der Waals surface area (Å²) in [7, 11) is 0. The van der Waals surface area contributed by atoms with Crippen molar-refractivity contribution < 1.29 is 19.1 Å². The Hall–Kier alpha value is -3.04. The number of aromatic nitrogens is 2. The molecule has 0 unspecified atom stereocenters. The third-order valence-electron chi connectivity index (χ3n) is 6.05. The molecule has 0 aliphatic rings. The summed E-state index contributed by atoms with van der Waals surface area (Å²) in [5, 5.41) is 0.225. The Balaban J connectivity index is 2.38. The second-order valence-corrected chi connectivity index (χ2v) is 10.2. The highest BCUT2D eigenvalue weighted by Gasteiger charge is 2.34. The molecular formula is C26H32N2O6S. The summed E-state index contributed by atoms with van der Waals surface area (Å²) in [4.78, 5) is 53.2. The number of thiophene rings is 1. The molecule has 0 N–H and O–H groups in total. The van der Waals surface area contributed by atoms with Crippen LogP contribution in [0.3, 0.4) is 0 Å². The van der Waals surface area contributed by atoms with Crippen molar-refractivity contribution in [3.63, 3.8) is 0 Å². The SMILES string of the molecule is CCOC(=O)c1sc2c(c1C)c(=O)n(C(C)(C)C(C)=O)c(=O)n2C[C@@H](OC(C)C)c1ccccc1. The fourth-order valence-corrected chi connectivity index (χ4v) is 5.13. The van der Waals surface area contributed by atoms with Crippen molar-refractivity contribution in [3.8, 4) is 0 Å². The van der Waals surface area contributed by atoms with E-state index < -0.39 is 28.9 Å². The molecule has 0 aliphatic heterocycles. The van der Waals surface area contributed by atoms with Gasteiger partial charge in [0.1, 0.15) is 21.4 Å². The summed E-state index contributed by atoms with van der Waals surface area (Å²) in [6.45, 7) is 11.9. The van der Waals surface area contributed by atoms with Gasteiger partial charge in [0.25, 0.3) is 5.56 Å². The van der Waals surface area contributed by atoms with Crippen molar-refractivity contribution in [1.29, 1.82) is 0 Å². The van der Waals surface area contributed by atoms with Crippen LogP contribution in [0.5, 0.6) is 0 Å². The van der Waals surface area contributed by atoms with E-state index in [1.807, 2.05) is 44.2 Å². The maximum atomic E-state index is 13.8. The highest BCUT2D eigenvalue weighted by molar-refractivity contribution is 7.20. The van der Waals surface area contributed by atoms with Gasteiger partial charge >= 0.3 is 11.7 Å². The molecule has 35 heavy (non-hydrogen) atoms. The topological polar surface area (TPSA) is 96.6 Å². The van der Waals surface area contributed by atoms with Gasteiger partial charge in [-0.05, 0) is 59.6 Å². The number of carbonyl (C=O) groups is 2. The van der Waals surface area contributed by atoms with E-state index in [-0.39, 0.29) is 35.3 Å². The number of hydrogen-bond acceptors (Lipinski definition) is 7. The van der Waals surface area contributed by atoms with Crippen molar-refractivity contribution >= 4 is 33.3 Å². The highest BCUT2D eigenvalue weighted by atomic mass is 32.1. The lowest BCUT2D eigenvalue weighted by Crippen LogP contribution is -2.52. The third-order valence-corrected chi connectivity index (χ3v) is 7.34. The first-order valence-electron chi connectivity index (χ1n) is 11.6. The number of Topliss-reactive ketones (excluding diaryl/α,β-unsaturated/α-hetero) is 1. The van der Waals surface area contributed by atoms with Crippen molar-refractivity contribution in [1.82, 2.24) is 9.13 Å². The van der Waals surface area contributed by atoms with Crippen molar-refractivity contribution in [3.05, 3.63) is 67.2 Å². The Morgan fingerprint density at radius 1 is 1.11 bits per heavy atom. The summed E-state index contributed by atoms with van der Waals surface area (Å²) in [6, 6.07) is 9.49. The zero-order valence-corrected chi connectivity index (χ0v) is 22.0. The Bertz CT molecular complexity index is 1360. The smallest absolute Gasteiger partial charge is 0.348 e. The molecule has 2 heterocycles. The van der Waals surface area contributed by atoms with E-state index in [2.05, 4.69) is 0 Å². The molecule has 0 fully saturated rings. The molecule has 0 radical (unpaired) electrons. The van der Waals surface area contributed by atoms with Gasteiger partial charge < -0.3 is 9.47 Å². The van der Waals surface area contributed by atoms with Gasteiger partial charge in [0.2, 0.25) is 0 Å². The van der Waals surface area contributed by atoms with Crippen LogP contribution >= 0.6 is 11.3 Å². The number of hydrogen-bond donors (Lipinski definition) is 0. The minimum atomic E-state index is -1.39. The van der Waals surface area contributed by atoms with Gasteiger partial charge in [-0.25, -0.2) is 14.2 Å². The van der Waals surface area contributed by atoms with Crippen LogP contribution in [0.15, 0.2) is 39.9 Å². The van der Waals surface area contributed by atoms with Gasteiger partial charge in [-0.15, -0.1) is 11.3 Å². The number of carbonyl (C=O) groups excluding carboxylic acids is 2. The monoisotopic (exact) mass is 500 g/mol. The minimum Gasteiger partial charge on any atom is -0.462 e. The van der Waals surface area contributed by atoms with Crippen LogP contribution in [0, 0.1) is 6.92 Å². The Labute approximate surface area is 208 Å². The van der Waals surface area contributed by atoms with E-state index in [0.29, 0.717) is 10.4 Å². The molecule has 0 saturated carbocycles. The highest BCUT2D eigenvalue weighted by Crippen LogP contribution is 2.31. The lowest BCUT2D eigenvalue weighted by atomic mass is 10.00. The van der Waals surface area contributed by atoms with Gasteiger partial charge in [-0.1, -0.05) is 30.3 Å². The maximum Gasteiger partial charge on any atom is 0.348 e. The second kappa shape index (κ2) is 10.3. The largest absolute Gasteiger partial charge is 0.462 e. The van der Waals surface area contributed by atoms with Gasteiger partial charge in [-0.3, -0.25) is 14.2 Å². The molecule has 3 aromatic rings. The van der Waals surface area contributed by atoms with E-state index in [9.17, 15) is 19.2 Å². The van der Waals surface area contributed by atoms with Gasteiger partial charge in [0.05, 0.1) is 24.6 Å². The lowest BCUT2D eigenvalue weighted by Gasteiger charge is -2.27. The Kier molecular flexibility index (Phi) is 7.81. The molecule has 2 aromatic heterocycles. The van der Waals surface area contributed by atoms with Crippen LogP contribution in [0.2, 0.25) is 0 Å². The molecule has 188 valence electrons. The number of rotatable bonds is 9. The van der Waals surface area contributed by atoms with Crippen LogP contribution in [0.25, 0.3) is 10.2 Å². The molecule has 0 amide bonds. The van der Waals surface area contributed by atoms with Gasteiger partial charge in [0.15, 0.2) is 5.78 Å². The molecule has 8 nitrogen and oxygen atoms in total. The third kappa shape index (κ3) is 5.01. The maximum absolute atomic E-state index is 13.8. The molecule has 1 atom stereocenters. The molecular weight excluding hydrogens is 468 g/mol. The zero-order chi connectivity index (χ0) is 26.1. The average Bonchev–Trinajstić information content (AvgIpc) is 3.13. The number of esters is 1. The van der Waals surface area contributed by atoms with Crippen LogP contribution < -0.4 is 11.2 Å². The molecule has 9 heteroatoms. The van der Waals surface area contributed by atoms with Crippen molar-refractivity contribution in [2.24, 2.45) is 0 Å². The summed E-state index contributed by atoms with van der Waals surface area (Å²) in [6.07, 6.45) is -0.636. The number of ether oxygens (including phenoxy) is 2. The standard InChI is InChI=1S/C26H32N2O6S/c1-8-33-24(31)21-16(4)20-22(30)28(26(6,7)17(5)29)25(32)27(23(20)35-21)14-19(34-15(2)3)18-12-10-9-11-13-18/h9-13,15,19H,8,14H2,1-7H3/t19-/m1/s1. The second-order valence-electron chi connectivity index (χ2n) is 9.19. The van der Waals surface area contributed by atoms with Crippen LogP contribution in [-0.2, 0) is 26.4 Å². The molecule has 0 aliphatic carbocycles. The first-order chi connectivity index (χ1) is 16.4. The van der Waals surface area contributed by atoms with Crippen molar-refractivity contribution in [2.75, 3.05) is 6.61 Å². The summed E-state index contributed by atoms with van der Waals surface area (Å²) < 4.78 is 13.8. The Morgan fingerprint density at radius 2 is 1.74 bits per heavy atom. The van der Waals surface area contributed by atoms with E-state index in [1.165, 1.54) is 11.5 Å². The first kappa shape index (κ1) is 26.6. The van der Waals surface area contributed by atoms with E-state index in [1.54, 1.807) is 27.7 Å². The van der Waals surface area contributed by atoms with Crippen LogP contribution in [0.1, 0.15) is 68.4 Å². The van der Waals surface area contributed by atoms with E-state index in [0.717, 1.165) is 21.5 Å². The van der Waals surface area contributed by atoms with Crippen LogP contribution in [-0.4, -0.2) is 33.6 Å². The predicted molar refractivity (Wildman–Crippen MR) is 136 cm³/mol. The van der Waals surface area contributed by atoms with Gasteiger partial charge in [-0.2, -0.15) is 0 Å². The summed E-state index contributed by atoms with van der Waals surface area (Å²) in [5.41, 5.74) is -1.33. The molecule has 0 saturated heterocycles. The Morgan fingerprint density at radius 3 is 2.29 bits per heavy atom. The van der Waals surface area contributed by atoms with Crippen LogP contribution in [0.4, 0.5) is 0 Å². The normalized spacial score (nSPS) is 12.8. The number of fused-ring (bicyclic) bond motifs is 1. The molecule has 1 aromatic carbocycles. The fourth-order valence-electron chi connectivity index (χ4n) is 3.94. The minimum absolute atomic E-state index is 0.0913. The summed E-state index contributed by atoms with van der Waals surface area (Å²) in [5.74, 6) is -0.890. The molecule has 0 spiro atoms. The molecule has 0 bridgehead atoms.